The Morgan fingerprint density at radius 2 is 2.06 bits per heavy atom. The van der Waals surface area contributed by atoms with Crippen LogP contribution in [-0.2, 0) is 11.2 Å². The van der Waals surface area contributed by atoms with Crippen molar-refractivity contribution in [2.75, 3.05) is 7.11 Å². The molecule has 1 heterocycles. The first-order valence-electron chi connectivity index (χ1n) is 5.39. The van der Waals surface area contributed by atoms with Gasteiger partial charge in [-0.15, -0.1) is 11.3 Å². The first-order chi connectivity index (χ1) is 8.26. The molecule has 0 aliphatic heterocycles. The SMILES string of the molecule is CCc1sc(C(=O)OC)nc1-c1ccccc1. The van der Waals surface area contributed by atoms with Gasteiger partial charge in [0.25, 0.3) is 0 Å². The second-order valence-corrected chi connectivity index (χ2v) is 4.59. The molecule has 0 spiro atoms. The molecule has 3 nitrogen and oxygen atoms in total. The third-order valence-electron chi connectivity index (χ3n) is 2.43. The zero-order chi connectivity index (χ0) is 12.3. The number of aromatic nitrogens is 1. The highest BCUT2D eigenvalue weighted by Gasteiger charge is 2.16. The van der Waals surface area contributed by atoms with E-state index in [1.165, 1.54) is 18.4 Å². The zero-order valence-electron chi connectivity index (χ0n) is 9.77. The van der Waals surface area contributed by atoms with Crippen LogP contribution < -0.4 is 0 Å². The van der Waals surface area contributed by atoms with E-state index in [0.29, 0.717) is 5.01 Å². The highest BCUT2D eigenvalue weighted by Crippen LogP contribution is 2.28. The Balaban J connectivity index is 2.47. The molecule has 0 amide bonds. The first-order valence-corrected chi connectivity index (χ1v) is 6.21. The van der Waals surface area contributed by atoms with Gasteiger partial charge >= 0.3 is 5.97 Å². The largest absolute Gasteiger partial charge is 0.464 e. The normalized spacial score (nSPS) is 10.2. The number of ether oxygens (including phenoxy) is 1. The van der Waals surface area contributed by atoms with Crippen LogP contribution in [0.5, 0.6) is 0 Å². The summed E-state index contributed by atoms with van der Waals surface area (Å²) in [6, 6.07) is 9.88. The van der Waals surface area contributed by atoms with Crippen LogP contribution in [0.15, 0.2) is 30.3 Å². The summed E-state index contributed by atoms with van der Waals surface area (Å²) in [5.74, 6) is -0.369. The van der Waals surface area contributed by atoms with Gasteiger partial charge in [0.15, 0.2) is 0 Å². The lowest BCUT2D eigenvalue weighted by atomic mass is 10.1. The van der Waals surface area contributed by atoms with Crippen molar-refractivity contribution in [3.63, 3.8) is 0 Å². The topological polar surface area (TPSA) is 39.2 Å². The minimum absolute atomic E-state index is 0.369. The lowest BCUT2D eigenvalue weighted by molar-refractivity contribution is 0.0600. The Bertz CT molecular complexity index is 519. The molecule has 0 bridgehead atoms. The van der Waals surface area contributed by atoms with Gasteiger partial charge in [-0.1, -0.05) is 37.3 Å². The zero-order valence-corrected chi connectivity index (χ0v) is 10.6. The summed E-state index contributed by atoms with van der Waals surface area (Å²) in [6.45, 7) is 2.06. The van der Waals surface area contributed by atoms with Crippen LogP contribution in [0.2, 0.25) is 0 Å². The van der Waals surface area contributed by atoms with E-state index in [-0.39, 0.29) is 5.97 Å². The maximum Gasteiger partial charge on any atom is 0.367 e. The van der Waals surface area contributed by atoms with Gasteiger partial charge < -0.3 is 4.74 Å². The molecule has 0 fully saturated rings. The van der Waals surface area contributed by atoms with Gasteiger partial charge in [0.1, 0.15) is 0 Å². The highest BCUT2D eigenvalue weighted by atomic mass is 32.1. The van der Waals surface area contributed by atoms with E-state index in [0.717, 1.165) is 22.6 Å². The van der Waals surface area contributed by atoms with Crippen molar-refractivity contribution in [3.05, 3.63) is 40.2 Å². The summed E-state index contributed by atoms with van der Waals surface area (Å²) in [6.07, 6.45) is 0.860. The van der Waals surface area contributed by atoms with E-state index in [4.69, 9.17) is 4.74 Å². The molecule has 0 saturated heterocycles. The monoisotopic (exact) mass is 247 g/mol. The number of methoxy groups -OCH3 is 1. The van der Waals surface area contributed by atoms with Crippen LogP contribution >= 0.6 is 11.3 Å². The van der Waals surface area contributed by atoms with Crippen molar-refractivity contribution < 1.29 is 9.53 Å². The fourth-order valence-electron chi connectivity index (χ4n) is 1.59. The minimum Gasteiger partial charge on any atom is -0.464 e. The van der Waals surface area contributed by atoms with Crippen molar-refractivity contribution in [2.45, 2.75) is 13.3 Å². The lowest BCUT2D eigenvalue weighted by Crippen LogP contribution is -1.99. The van der Waals surface area contributed by atoms with Crippen molar-refractivity contribution in [2.24, 2.45) is 0 Å². The molecule has 4 heteroatoms. The van der Waals surface area contributed by atoms with Crippen LogP contribution in [0.1, 0.15) is 21.6 Å². The third-order valence-corrected chi connectivity index (χ3v) is 3.61. The molecule has 0 aliphatic rings. The number of aryl methyl sites for hydroxylation is 1. The van der Waals surface area contributed by atoms with Crippen LogP contribution in [0.3, 0.4) is 0 Å². The highest BCUT2D eigenvalue weighted by molar-refractivity contribution is 7.14. The predicted molar refractivity (Wildman–Crippen MR) is 68.3 cm³/mol. The number of nitrogens with zero attached hydrogens (tertiary/aromatic N) is 1. The molecule has 1 aromatic carbocycles. The fraction of sp³-hybridized carbons (Fsp3) is 0.231. The lowest BCUT2D eigenvalue weighted by Gasteiger charge is -1.98. The maximum absolute atomic E-state index is 11.5. The summed E-state index contributed by atoms with van der Waals surface area (Å²) in [4.78, 5) is 16.9. The average molecular weight is 247 g/mol. The number of carbonyl (C=O) groups excluding carboxylic acids is 1. The second kappa shape index (κ2) is 5.10. The van der Waals surface area contributed by atoms with Crippen molar-refractivity contribution in [1.29, 1.82) is 0 Å². The Morgan fingerprint density at radius 1 is 1.35 bits per heavy atom. The summed E-state index contributed by atoms with van der Waals surface area (Å²) >= 11 is 1.40. The molecule has 88 valence electrons. The van der Waals surface area contributed by atoms with Gasteiger partial charge in [-0.25, -0.2) is 9.78 Å². The Morgan fingerprint density at radius 3 is 2.65 bits per heavy atom. The molecular formula is C13H13NO2S. The summed E-state index contributed by atoms with van der Waals surface area (Å²) < 4.78 is 4.69. The molecule has 2 aromatic rings. The van der Waals surface area contributed by atoms with Crippen LogP contribution in [0.25, 0.3) is 11.3 Å². The number of rotatable bonds is 3. The van der Waals surface area contributed by atoms with E-state index in [1.807, 2.05) is 30.3 Å². The van der Waals surface area contributed by atoms with E-state index >= 15 is 0 Å². The first kappa shape index (κ1) is 11.8. The van der Waals surface area contributed by atoms with Crippen LogP contribution in [-0.4, -0.2) is 18.1 Å². The Hall–Kier alpha value is -1.68. The van der Waals surface area contributed by atoms with Gasteiger partial charge in [-0.05, 0) is 6.42 Å². The maximum atomic E-state index is 11.5. The molecule has 0 saturated carbocycles. The molecular weight excluding hydrogens is 234 g/mol. The smallest absolute Gasteiger partial charge is 0.367 e. The number of thiazole rings is 1. The fourth-order valence-corrected chi connectivity index (χ4v) is 2.53. The summed E-state index contributed by atoms with van der Waals surface area (Å²) in [7, 11) is 1.37. The van der Waals surface area contributed by atoms with E-state index in [1.54, 1.807) is 0 Å². The quantitative estimate of drug-likeness (QED) is 0.782. The van der Waals surface area contributed by atoms with E-state index in [2.05, 4.69) is 11.9 Å². The van der Waals surface area contributed by atoms with Gasteiger partial charge in [-0.3, -0.25) is 0 Å². The second-order valence-electron chi connectivity index (χ2n) is 3.50. The molecule has 0 aliphatic carbocycles. The van der Waals surface area contributed by atoms with Crippen LogP contribution in [0.4, 0.5) is 0 Å². The molecule has 0 radical (unpaired) electrons. The molecule has 2 rings (SSSR count). The van der Waals surface area contributed by atoms with Crippen LogP contribution in [0, 0.1) is 0 Å². The van der Waals surface area contributed by atoms with E-state index in [9.17, 15) is 4.79 Å². The number of esters is 1. The van der Waals surface area contributed by atoms with Gasteiger partial charge in [-0.2, -0.15) is 0 Å². The number of benzene rings is 1. The number of carbonyl (C=O) groups is 1. The van der Waals surface area contributed by atoms with Crippen molar-refractivity contribution >= 4 is 17.3 Å². The summed E-state index contributed by atoms with van der Waals surface area (Å²) in [5, 5.41) is 0.420. The number of hydrogen-bond donors (Lipinski definition) is 0. The molecule has 17 heavy (non-hydrogen) atoms. The van der Waals surface area contributed by atoms with Crippen molar-refractivity contribution in [1.82, 2.24) is 4.98 Å². The van der Waals surface area contributed by atoms with Gasteiger partial charge in [0.05, 0.1) is 12.8 Å². The number of hydrogen-bond acceptors (Lipinski definition) is 4. The molecule has 0 unspecified atom stereocenters. The van der Waals surface area contributed by atoms with Gasteiger partial charge in [0, 0.05) is 10.4 Å². The molecule has 1 aromatic heterocycles. The minimum atomic E-state index is -0.369. The standard InChI is InChI=1S/C13H13NO2S/c1-3-10-11(9-7-5-4-6-8-9)14-12(17-10)13(15)16-2/h4-8H,3H2,1-2H3. The summed E-state index contributed by atoms with van der Waals surface area (Å²) in [5.41, 5.74) is 1.93. The molecule has 0 atom stereocenters. The van der Waals surface area contributed by atoms with E-state index < -0.39 is 0 Å². The van der Waals surface area contributed by atoms with Crippen molar-refractivity contribution in [3.8, 4) is 11.3 Å². The average Bonchev–Trinajstić information content (AvgIpc) is 2.83. The Labute approximate surface area is 104 Å². The van der Waals surface area contributed by atoms with Gasteiger partial charge in [0.2, 0.25) is 5.01 Å². The Kier molecular flexibility index (Phi) is 3.54. The third kappa shape index (κ3) is 2.36. The molecule has 0 N–H and O–H groups in total. The predicted octanol–water partition coefficient (Wildman–Crippen LogP) is 3.16.